The first-order valence-corrected chi connectivity index (χ1v) is 8.01. The molecule has 1 aromatic carbocycles. The Balaban J connectivity index is 1.71. The van der Waals surface area contributed by atoms with Crippen LogP contribution in [0.3, 0.4) is 0 Å². The van der Waals surface area contributed by atoms with Crippen molar-refractivity contribution in [3.63, 3.8) is 0 Å². The summed E-state index contributed by atoms with van der Waals surface area (Å²) < 4.78 is 2.38. The van der Waals surface area contributed by atoms with E-state index in [1.165, 1.54) is 48.8 Å². The van der Waals surface area contributed by atoms with E-state index in [1.54, 1.807) is 0 Å². The molecule has 1 aliphatic carbocycles. The molecule has 2 nitrogen and oxygen atoms in total. The van der Waals surface area contributed by atoms with Crippen LogP contribution in [0.5, 0.6) is 0 Å². The normalized spacial score (nSPS) is 16.7. The van der Waals surface area contributed by atoms with Gasteiger partial charge in [0, 0.05) is 30.2 Å². The number of aromatic nitrogens is 1. The Bertz CT molecular complexity index is 631. The lowest BCUT2D eigenvalue weighted by Gasteiger charge is -2.23. The smallest absolute Gasteiger partial charge is 0.0632 e. The van der Waals surface area contributed by atoms with Crippen molar-refractivity contribution in [2.75, 3.05) is 0 Å². The molecular formula is C19H24N2. The van der Waals surface area contributed by atoms with Crippen LogP contribution in [0.15, 0.2) is 41.7 Å². The van der Waals surface area contributed by atoms with Crippen molar-refractivity contribution in [2.45, 2.75) is 52.0 Å². The standard InChI is InChI=1S/C19H24N2/c1-15-8-9-18(12-16(15)2)20-13-17-10-11-21(14-17)19-6-4-3-5-7-19/h8-14,19H,3-7H2,1-2H3. The number of nitrogens with zero attached hydrogens (tertiary/aromatic N) is 2. The van der Waals surface area contributed by atoms with Gasteiger partial charge in [-0.25, -0.2) is 0 Å². The second-order valence-electron chi connectivity index (χ2n) is 6.21. The maximum atomic E-state index is 4.60. The van der Waals surface area contributed by atoms with E-state index in [1.807, 2.05) is 6.21 Å². The fourth-order valence-electron chi connectivity index (χ4n) is 3.07. The summed E-state index contributed by atoms with van der Waals surface area (Å²) in [6, 6.07) is 9.22. The summed E-state index contributed by atoms with van der Waals surface area (Å²) in [7, 11) is 0. The van der Waals surface area contributed by atoms with Crippen LogP contribution in [0.4, 0.5) is 5.69 Å². The van der Waals surface area contributed by atoms with Crippen LogP contribution in [-0.2, 0) is 0 Å². The molecule has 0 atom stereocenters. The van der Waals surface area contributed by atoms with Crippen LogP contribution >= 0.6 is 0 Å². The van der Waals surface area contributed by atoms with Crippen molar-refractivity contribution >= 4 is 11.9 Å². The van der Waals surface area contributed by atoms with Gasteiger partial charge in [-0.15, -0.1) is 0 Å². The Morgan fingerprint density at radius 1 is 1.05 bits per heavy atom. The SMILES string of the molecule is Cc1ccc(N=Cc2ccn(C3CCCCC3)c2)cc1C. The van der Waals surface area contributed by atoms with E-state index in [4.69, 9.17) is 0 Å². The number of benzene rings is 1. The second kappa shape index (κ2) is 6.30. The zero-order valence-electron chi connectivity index (χ0n) is 13.0. The van der Waals surface area contributed by atoms with Gasteiger partial charge in [0.2, 0.25) is 0 Å². The quantitative estimate of drug-likeness (QED) is 0.673. The molecule has 1 aromatic heterocycles. The molecule has 1 aliphatic rings. The van der Waals surface area contributed by atoms with Gasteiger partial charge in [-0.2, -0.15) is 0 Å². The summed E-state index contributed by atoms with van der Waals surface area (Å²) in [4.78, 5) is 4.60. The van der Waals surface area contributed by atoms with Gasteiger partial charge < -0.3 is 4.57 Å². The number of hydrogen-bond acceptors (Lipinski definition) is 1. The molecule has 21 heavy (non-hydrogen) atoms. The highest BCUT2D eigenvalue weighted by molar-refractivity contribution is 5.81. The molecule has 0 unspecified atom stereocenters. The first-order valence-electron chi connectivity index (χ1n) is 8.01. The summed E-state index contributed by atoms with van der Waals surface area (Å²) in [5, 5.41) is 0. The minimum atomic E-state index is 0.697. The molecule has 0 spiro atoms. The van der Waals surface area contributed by atoms with Crippen LogP contribution < -0.4 is 0 Å². The Labute approximate surface area is 127 Å². The monoisotopic (exact) mass is 280 g/mol. The van der Waals surface area contributed by atoms with E-state index in [-0.39, 0.29) is 0 Å². The maximum absolute atomic E-state index is 4.60. The summed E-state index contributed by atoms with van der Waals surface area (Å²) in [5.41, 5.74) is 4.84. The Morgan fingerprint density at radius 2 is 1.86 bits per heavy atom. The molecule has 1 saturated carbocycles. The molecule has 0 aliphatic heterocycles. The first kappa shape index (κ1) is 14.1. The van der Waals surface area contributed by atoms with E-state index < -0.39 is 0 Å². The summed E-state index contributed by atoms with van der Waals surface area (Å²) in [5.74, 6) is 0. The highest BCUT2D eigenvalue weighted by Gasteiger charge is 2.14. The van der Waals surface area contributed by atoms with Crippen LogP contribution in [0.1, 0.15) is 54.8 Å². The third-order valence-electron chi connectivity index (χ3n) is 4.59. The fourth-order valence-corrected chi connectivity index (χ4v) is 3.07. The lowest BCUT2D eigenvalue weighted by molar-refractivity contribution is 0.354. The predicted molar refractivity (Wildman–Crippen MR) is 89.7 cm³/mol. The van der Waals surface area contributed by atoms with Crippen molar-refractivity contribution in [3.8, 4) is 0 Å². The zero-order chi connectivity index (χ0) is 14.7. The number of aryl methyl sites for hydroxylation is 2. The van der Waals surface area contributed by atoms with Gasteiger partial charge in [0.15, 0.2) is 0 Å². The first-order chi connectivity index (χ1) is 10.2. The van der Waals surface area contributed by atoms with Gasteiger partial charge in [-0.1, -0.05) is 25.3 Å². The number of aliphatic imine (C=N–C) groups is 1. The van der Waals surface area contributed by atoms with Crippen LogP contribution in [0.2, 0.25) is 0 Å². The molecule has 1 fully saturated rings. The lowest BCUT2D eigenvalue weighted by Crippen LogP contribution is -2.10. The summed E-state index contributed by atoms with van der Waals surface area (Å²) in [6.07, 6.45) is 13.2. The number of rotatable bonds is 3. The molecule has 0 radical (unpaired) electrons. The molecular weight excluding hydrogens is 256 g/mol. The molecule has 0 N–H and O–H groups in total. The van der Waals surface area contributed by atoms with Crippen molar-refractivity contribution in [2.24, 2.45) is 4.99 Å². The van der Waals surface area contributed by atoms with Gasteiger partial charge in [-0.3, -0.25) is 4.99 Å². The van der Waals surface area contributed by atoms with Gasteiger partial charge in [0.1, 0.15) is 0 Å². The highest BCUT2D eigenvalue weighted by Crippen LogP contribution is 2.28. The summed E-state index contributed by atoms with van der Waals surface area (Å²) >= 11 is 0. The molecule has 3 rings (SSSR count). The van der Waals surface area contributed by atoms with Crippen molar-refractivity contribution in [3.05, 3.63) is 53.3 Å². The van der Waals surface area contributed by atoms with E-state index >= 15 is 0 Å². The molecule has 0 amide bonds. The third kappa shape index (κ3) is 3.44. The second-order valence-corrected chi connectivity index (χ2v) is 6.21. The predicted octanol–water partition coefficient (Wildman–Crippen LogP) is 5.36. The van der Waals surface area contributed by atoms with Crippen LogP contribution in [0.25, 0.3) is 0 Å². The van der Waals surface area contributed by atoms with Gasteiger partial charge in [0.25, 0.3) is 0 Å². The van der Waals surface area contributed by atoms with E-state index in [0.717, 1.165) is 5.69 Å². The average molecular weight is 280 g/mol. The van der Waals surface area contributed by atoms with Crippen LogP contribution in [-0.4, -0.2) is 10.8 Å². The van der Waals surface area contributed by atoms with E-state index in [0.29, 0.717) is 6.04 Å². The molecule has 0 bridgehead atoms. The minimum absolute atomic E-state index is 0.697. The van der Waals surface area contributed by atoms with Crippen molar-refractivity contribution in [1.29, 1.82) is 0 Å². The molecule has 2 heteroatoms. The van der Waals surface area contributed by atoms with Crippen LogP contribution in [0, 0.1) is 13.8 Å². The van der Waals surface area contributed by atoms with Gasteiger partial charge in [0.05, 0.1) is 5.69 Å². The van der Waals surface area contributed by atoms with E-state index in [9.17, 15) is 0 Å². The third-order valence-corrected chi connectivity index (χ3v) is 4.59. The van der Waals surface area contributed by atoms with Gasteiger partial charge >= 0.3 is 0 Å². The Kier molecular flexibility index (Phi) is 4.23. The molecule has 0 saturated heterocycles. The van der Waals surface area contributed by atoms with E-state index in [2.05, 4.69) is 60.1 Å². The van der Waals surface area contributed by atoms with Gasteiger partial charge in [-0.05, 0) is 56.0 Å². The molecule has 110 valence electrons. The Morgan fingerprint density at radius 3 is 2.62 bits per heavy atom. The topological polar surface area (TPSA) is 17.3 Å². The largest absolute Gasteiger partial charge is 0.351 e. The highest BCUT2D eigenvalue weighted by atomic mass is 15.0. The Hall–Kier alpha value is -1.83. The molecule has 1 heterocycles. The zero-order valence-corrected chi connectivity index (χ0v) is 13.0. The average Bonchev–Trinajstić information content (AvgIpc) is 2.98. The maximum Gasteiger partial charge on any atom is 0.0632 e. The summed E-state index contributed by atoms with van der Waals surface area (Å²) in [6.45, 7) is 4.26. The molecule has 2 aromatic rings. The lowest BCUT2D eigenvalue weighted by atomic mass is 9.95. The van der Waals surface area contributed by atoms with Crippen molar-refractivity contribution < 1.29 is 0 Å². The number of hydrogen-bond donors (Lipinski definition) is 0. The van der Waals surface area contributed by atoms with Crippen molar-refractivity contribution in [1.82, 2.24) is 4.57 Å². The fraction of sp³-hybridized carbons (Fsp3) is 0.421. The minimum Gasteiger partial charge on any atom is -0.351 e.